The van der Waals surface area contributed by atoms with Gasteiger partial charge >= 0.3 is 73.4 Å². The summed E-state index contributed by atoms with van der Waals surface area (Å²) in [4.78, 5) is 0. The molecule has 0 spiro atoms. The molecule has 0 aliphatic heterocycles. The summed E-state index contributed by atoms with van der Waals surface area (Å²) in [5.74, 6) is 0. The number of hydrogen-bond acceptors (Lipinski definition) is 3. The van der Waals surface area contributed by atoms with Gasteiger partial charge in [0.2, 0.25) is 0 Å². The monoisotopic (exact) mass is 283 g/mol. The van der Waals surface area contributed by atoms with Crippen molar-refractivity contribution in [1.29, 1.82) is 0 Å². The Morgan fingerprint density at radius 2 is 0.667 bits per heavy atom. The van der Waals surface area contributed by atoms with Crippen LogP contribution >= 0.6 is 0 Å². The van der Waals surface area contributed by atoms with Crippen LogP contribution in [0.15, 0.2) is 0 Å². The van der Waals surface area contributed by atoms with Gasteiger partial charge in [-0.1, -0.05) is 0 Å². The van der Waals surface area contributed by atoms with Gasteiger partial charge in [-0.25, -0.2) is 0 Å². The zero-order chi connectivity index (χ0) is 3.58. The van der Waals surface area contributed by atoms with Crippen LogP contribution in [0, 0.1) is 0 Å². The van der Waals surface area contributed by atoms with E-state index in [1.807, 2.05) is 0 Å². The van der Waals surface area contributed by atoms with Crippen molar-refractivity contribution < 1.29 is 34.2 Å². The molecule has 0 rings (SSSR count). The molecule has 0 bridgehead atoms. The van der Waals surface area contributed by atoms with E-state index in [0.29, 0.717) is 0 Å². The van der Waals surface area contributed by atoms with Crippen LogP contribution in [0.2, 0.25) is 0 Å². The largest absolute Gasteiger partial charge is 2.00 e. The summed E-state index contributed by atoms with van der Waals surface area (Å²) in [6, 6.07) is 0. The second-order valence-corrected chi connectivity index (χ2v) is 1.16. The zero-order valence-corrected chi connectivity index (χ0v) is 9.73. The molecule has 8 N–H and O–H groups in total. The minimum Gasteiger partial charge on any atom is 2.00 e. The minimum atomic E-state index is -3.94. The molecular formula is H8AsO7Sr-. The van der Waals surface area contributed by atoms with Crippen molar-refractivity contribution >= 4 is 61.2 Å². The molecule has 0 aromatic heterocycles. The first kappa shape index (κ1) is 45.2. The molecular weight excluding hydrogens is 275 g/mol. The fourth-order valence-electron chi connectivity index (χ4n) is 0. The Labute approximate surface area is 94.1 Å². The summed E-state index contributed by atoms with van der Waals surface area (Å²) in [5, 5.41) is 0. The number of rotatable bonds is 0. The van der Waals surface area contributed by atoms with Crippen LogP contribution in [0.25, 0.3) is 0 Å². The number of hydrogen-bond donors (Lipinski definition) is 0. The Balaban J connectivity index is -0.00000000450. The topological polar surface area (TPSA) is 195 Å². The van der Waals surface area contributed by atoms with E-state index in [9.17, 15) is 0 Å². The maximum Gasteiger partial charge on any atom is 2.00 e. The van der Waals surface area contributed by atoms with E-state index in [1.54, 1.807) is 0 Å². The third-order valence-corrected chi connectivity index (χ3v) is 0. The fourth-order valence-corrected chi connectivity index (χ4v) is 0. The van der Waals surface area contributed by atoms with E-state index in [2.05, 4.69) is 0 Å². The average Bonchev–Trinajstić information content (AvgIpc) is 0.811. The van der Waals surface area contributed by atoms with Gasteiger partial charge < -0.3 is 21.9 Å². The molecule has 0 amide bonds. The zero-order valence-electron chi connectivity index (χ0n) is 4.38. The Bertz CT molecular complexity index is 13.6. The summed E-state index contributed by atoms with van der Waals surface area (Å²) in [6.45, 7) is 0. The van der Waals surface area contributed by atoms with Crippen molar-refractivity contribution in [3.63, 3.8) is 0 Å². The van der Waals surface area contributed by atoms with Crippen LogP contribution in [0.5, 0.6) is 0 Å². The van der Waals surface area contributed by atoms with Gasteiger partial charge in [-0.05, 0) is 0 Å². The predicted molar refractivity (Wildman–Crippen MR) is 26.0 cm³/mol. The Morgan fingerprint density at radius 1 is 0.667 bits per heavy atom. The summed E-state index contributed by atoms with van der Waals surface area (Å²) in [6.07, 6.45) is 0. The molecule has 0 fully saturated rings. The molecule has 0 aromatic carbocycles. The third kappa shape index (κ3) is 190. The van der Waals surface area contributed by atoms with Crippen molar-refractivity contribution in [1.82, 2.24) is 0 Å². The van der Waals surface area contributed by atoms with Crippen molar-refractivity contribution in [2.75, 3.05) is 0 Å². The first-order valence-electron chi connectivity index (χ1n) is 0.548. The van der Waals surface area contributed by atoms with Crippen molar-refractivity contribution in [3.8, 4) is 0 Å². The normalized spacial score (nSPS) is 4.00. The van der Waals surface area contributed by atoms with Gasteiger partial charge in [-0.3, -0.25) is 0 Å². The Morgan fingerprint density at radius 3 is 0.667 bits per heavy atom. The van der Waals surface area contributed by atoms with E-state index in [-0.39, 0.29) is 67.4 Å². The molecule has 9 heteroatoms. The van der Waals surface area contributed by atoms with Crippen LogP contribution < -0.4 is 12.3 Å². The summed E-state index contributed by atoms with van der Waals surface area (Å²) in [5.41, 5.74) is 0. The predicted octanol–water partition coefficient (Wildman–Crippen LogP) is -7.63. The van der Waals surface area contributed by atoms with E-state index >= 15 is 0 Å². The Hall–Kier alpha value is 1.76. The SMILES string of the molecule is O.O.O.O.[O-][As]([O-])[O-].[Sr+2]. The van der Waals surface area contributed by atoms with Gasteiger partial charge in [0.25, 0.3) is 0 Å². The van der Waals surface area contributed by atoms with Gasteiger partial charge in [-0.15, -0.1) is 0 Å². The van der Waals surface area contributed by atoms with Crippen LogP contribution in [0.4, 0.5) is 0 Å². The molecule has 58 valence electrons. The van der Waals surface area contributed by atoms with Crippen LogP contribution in [-0.4, -0.2) is 83.1 Å². The van der Waals surface area contributed by atoms with Crippen molar-refractivity contribution in [3.05, 3.63) is 0 Å². The molecule has 0 aliphatic carbocycles. The van der Waals surface area contributed by atoms with Crippen molar-refractivity contribution in [2.45, 2.75) is 0 Å². The van der Waals surface area contributed by atoms with Crippen LogP contribution in [0.1, 0.15) is 0 Å². The second-order valence-electron chi connectivity index (χ2n) is 0.224. The molecule has 0 radical (unpaired) electrons. The van der Waals surface area contributed by atoms with E-state index < -0.39 is 15.7 Å². The third-order valence-electron chi connectivity index (χ3n) is 0. The van der Waals surface area contributed by atoms with Crippen LogP contribution in [-0.2, 0) is 0 Å². The van der Waals surface area contributed by atoms with E-state index in [0.717, 1.165) is 0 Å². The maximum absolute atomic E-state index is 8.56. The molecule has 9 heavy (non-hydrogen) atoms. The van der Waals surface area contributed by atoms with E-state index in [4.69, 9.17) is 12.3 Å². The first-order valence-corrected chi connectivity index (χ1v) is 2.85. The maximum atomic E-state index is 8.56. The molecule has 0 heterocycles. The molecule has 0 atom stereocenters. The van der Waals surface area contributed by atoms with Gasteiger partial charge in [0.1, 0.15) is 0 Å². The summed E-state index contributed by atoms with van der Waals surface area (Å²) < 4.78 is 25.7. The van der Waals surface area contributed by atoms with Gasteiger partial charge in [0.15, 0.2) is 0 Å². The first-order chi connectivity index (χ1) is 1.73. The minimum absolute atomic E-state index is 0. The smallest absolute Gasteiger partial charge is 2.00 e. The molecule has 7 nitrogen and oxygen atoms in total. The van der Waals surface area contributed by atoms with Gasteiger partial charge in [0, 0.05) is 0 Å². The molecule has 0 aliphatic rings. The fraction of sp³-hybridized carbons (Fsp3) is 0. The quantitative estimate of drug-likeness (QED) is 0.398. The molecule has 0 aromatic rings. The van der Waals surface area contributed by atoms with Gasteiger partial charge in [-0.2, -0.15) is 0 Å². The Kier molecular flexibility index (Phi) is 166. The van der Waals surface area contributed by atoms with Crippen molar-refractivity contribution in [2.24, 2.45) is 0 Å². The summed E-state index contributed by atoms with van der Waals surface area (Å²) in [7, 11) is 0. The second kappa shape index (κ2) is 33.1. The molecule has 0 saturated carbocycles. The molecule has 0 saturated heterocycles. The molecule has 0 unspecified atom stereocenters. The standard InChI is InChI=1S/AsO3.4H2O.Sr/c2-1(3)4;;;;;/h;4*1H2;/q-3;;;;;+2. The average molecular weight is 283 g/mol. The van der Waals surface area contributed by atoms with E-state index in [1.165, 1.54) is 0 Å². The van der Waals surface area contributed by atoms with Crippen LogP contribution in [0.3, 0.4) is 0 Å². The van der Waals surface area contributed by atoms with Gasteiger partial charge in [0.05, 0.1) is 0 Å². The summed E-state index contributed by atoms with van der Waals surface area (Å²) >= 11 is -3.94.